The number of rotatable bonds is 7. The highest BCUT2D eigenvalue weighted by Gasteiger charge is 2.42. The van der Waals surface area contributed by atoms with E-state index in [-0.39, 0.29) is 12.1 Å². The van der Waals surface area contributed by atoms with Crippen LogP contribution >= 0.6 is 12.2 Å². The Morgan fingerprint density at radius 1 is 1.03 bits per heavy atom. The molecule has 0 unspecified atom stereocenters. The molecule has 3 aromatic heterocycles. The fourth-order valence-electron chi connectivity index (χ4n) is 4.86. The van der Waals surface area contributed by atoms with Gasteiger partial charge in [-0.25, -0.2) is 0 Å². The number of aromatic nitrogens is 3. The SMILES string of the molecule is CCOc1ccc(N2C(=S)N[C@H](c3ccccn3)[C@@H]2c2cc(C)n(Cc3cccnc3)c2C)cc1. The minimum Gasteiger partial charge on any atom is -0.494 e. The first kappa shape index (κ1) is 23.1. The van der Waals surface area contributed by atoms with Gasteiger partial charge in [-0.15, -0.1) is 0 Å². The van der Waals surface area contributed by atoms with Gasteiger partial charge < -0.3 is 19.5 Å². The van der Waals surface area contributed by atoms with Crippen molar-refractivity contribution in [1.82, 2.24) is 19.9 Å². The summed E-state index contributed by atoms with van der Waals surface area (Å²) in [5, 5.41) is 4.24. The van der Waals surface area contributed by atoms with Gasteiger partial charge in [0, 0.05) is 42.2 Å². The number of anilines is 1. The molecule has 0 amide bonds. The van der Waals surface area contributed by atoms with Gasteiger partial charge in [0.05, 0.1) is 24.4 Å². The normalized spacial score (nSPS) is 17.5. The van der Waals surface area contributed by atoms with Gasteiger partial charge in [-0.1, -0.05) is 12.1 Å². The first-order chi connectivity index (χ1) is 17.1. The molecule has 1 aromatic carbocycles. The summed E-state index contributed by atoms with van der Waals surface area (Å²) in [7, 11) is 0. The second kappa shape index (κ2) is 9.88. The van der Waals surface area contributed by atoms with Gasteiger partial charge in [0.25, 0.3) is 0 Å². The summed E-state index contributed by atoms with van der Waals surface area (Å²) in [6, 6.07) is 20.4. The zero-order valence-corrected chi connectivity index (χ0v) is 21.0. The molecular formula is C28H29N5OS. The van der Waals surface area contributed by atoms with Gasteiger partial charge >= 0.3 is 0 Å². The highest BCUT2D eigenvalue weighted by Crippen LogP contribution is 2.43. The minimum absolute atomic E-state index is 0.0517. The van der Waals surface area contributed by atoms with E-state index in [0.29, 0.717) is 11.7 Å². The van der Waals surface area contributed by atoms with Crippen LogP contribution in [0.5, 0.6) is 5.75 Å². The molecule has 1 aliphatic heterocycles. The molecule has 1 saturated heterocycles. The maximum absolute atomic E-state index is 5.89. The molecule has 35 heavy (non-hydrogen) atoms. The predicted molar refractivity (Wildman–Crippen MR) is 143 cm³/mol. The molecule has 7 heteroatoms. The fraction of sp³-hybridized carbons (Fsp3) is 0.250. The molecule has 1 N–H and O–H groups in total. The van der Waals surface area contributed by atoms with E-state index < -0.39 is 0 Å². The monoisotopic (exact) mass is 483 g/mol. The highest BCUT2D eigenvalue weighted by atomic mass is 32.1. The van der Waals surface area contributed by atoms with Crippen molar-refractivity contribution in [3.05, 3.63) is 107 Å². The lowest BCUT2D eigenvalue weighted by atomic mass is 9.96. The summed E-state index contributed by atoms with van der Waals surface area (Å²) < 4.78 is 8.01. The molecular weight excluding hydrogens is 454 g/mol. The van der Waals surface area contributed by atoms with Crippen molar-refractivity contribution in [3.63, 3.8) is 0 Å². The number of nitrogens with zero attached hydrogens (tertiary/aromatic N) is 4. The molecule has 1 aliphatic rings. The molecule has 6 nitrogen and oxygen atoms in total. The molecule has 0 saturated carbocycles. The van der Waals surface area contributed by atoms with E-state index in [4.69, 9.17) is 17.0 Å². The Morgan fingerprint density at radius 3 is 2.54 bits per heavy atom. The molecule has 0 spiro atoms. The Balaban J connectivity index is 1.59. The Kier molecular flexibility index (Phi) is 6.51. The zero-order valence-electron chi connectivity index (χ0n) is 20.2. The van der Waals surface area contributed by atoms with Gasteiger partial charge in [0.15, 0.2) is 5.11 Å². The third kappa shape index (κ3) is 4.51. The Hall–Kier alpha value is -3.71. The lowest BCUT2D eigenvalue weighted by Gasteiger charge is -2.28. The number of nitrogens with one attached hydrogen (secondary N) is 1. The van der Waals surface area contributed by atoms with Crippen LogP contribution in [0.25, 0.3) is 0 Å². The summed E-state index contributed by atoms with van der Waals surface area (Å²) in [6.45, 7) is 7.74. The molecule has 2 atom stereocenters. The predicted octanol–water partition coefficient (Wildman–Crippen LogP) is 5.52. The van der Waals surface area contributed by atoms with E-state index >= 15 is 0 Å². The molecule has 178 valence electrons. The van der Waals surface area contributed by atoms with Gasteiger partial charge in [-0.3, -0.25) is 9.97 Å². The molecule has 0 aliphatic carbocycles. The van der Waals surface area contributed by atoms with Gasteiger partial charge in [0.2, 0.25) is 0 Å². The molecule has 0 bridgehead atoms. The van der Waals surface area contributed by atoms with Crippen molar-refractivity contribution < 1.29 is 4.74 Å². The topological polar surface area (TPSA) is 55.2 Å². The number of pyridine rings is 2. The number of benzene rings is 1. The van der Waals surface area contributed by atoms with Crippen LogP contribution in [0.4, 0.5) is 5.69 Å². The standard InChI is InChI=1S/C28H29N5OS/c1-4-34-23-12-10-22(11-13-23)33-27(26(31-28(33)35)25-9-5-6-15-30-25)24-16-19(2)32(20(24)3)18-21-8-7-14-29-17-21/h5-17,26-27H,4,18H2,1-3H3,(H,31,35)/t26-,27+/m1/s1. The Morgan fingerprint density at radius 2 is 1.86 bits per heavy atom. The van der Waals surface area contributed by atoms with Crippen LogP contribution in [0.3, 0.4) is 0 Å². The van der Waals surface area contributed by atoms with Crippen molar-refractivity contribution in [2.75, 3.05) is 11.5 Å². The first-order valence-corrected chi connectivity index (χ1v) is 12.3. The summed E-state index contributed by atoms with van der Waals surface area (Å²) in [6.07, 6.45) is 5.57. The first-order valence-electron chi connectivity index (χ1n) is 11.9. The summed E-state index contributed by atoms with van der Waals surface area (Å²) >= 11 is 5.89. The van der Waals surface area contributed by atoms with Gasteiger partial charge in [-0.2, -0.15) is 0 Å². The van der Waals surface area contributed by atoms with Crippen LogP contribution < -0.4 is 15.0 Å². The van der Waals surface area contributed by atoms with E-state index in [1.165, 1.54) is 22.5 Å². The maximum Gasteiger partial charge on any atom is 0.174 e. The Labute approximate surface area is 211 Å². The number of thiocarbonyl (C=S) groups is 1. The molecule has 4 heterocycles. The van der Waals surface area contributed by atoms with Crippen LogP contribution in [-0.2, 0) is 6.54 Å². The zero-order chi connectivity index (χ0) is 24.4. The smallest absolute Gasteiger partial charge is 0.174 e. The summed E-state index contributed by atoms with van der Waals surface area (Å²) in [4.78, 5) is 11.2. The minimum atomic E-state index is -0.0809. The molecule has 5 rings (SSSR count). The highest BCUT2D eigenvalue weighted by molar-refractivity contribution is 7.80. The second-order valence-corrected chi connectivity index (χ2v) is 9.08. The quantitative estimate of drug-likeness (QED) is 0.350. The van der Waals surface area contributed by atoms with E-state index in [2.05, 4.69) is 68.9 Å². The van der Waals surface area contributed by atoms with Crippen molar-refractivity contribution in [1.29, 1.82) is 0 Å². The lowest BCUT2D eigenvalue weighted by Crippen LogP contribution is -2.29. The third-order valence-corrected chi connectivity index (χ3v) is 6.83. The van der Waals surface area contributed by atoms with Crippen LogP contribution in [0.15, 0.2) is 79.3 Å². The number of aryl methyl sites for hydroxylation is 1. The number of ether oxygens (including phenoxy) is 1. The van der Waals surface area contributed by atoms with Crippen molar-refractivity contribution in [2.24, 2.45) is 0 Å². The number of hydrogen-bond acceptors (Lipinski definition) is 4. The largest absolute Gasteiger partial charge is 0.494 e. The maximum atomic E-state index is 5.89. The van der Waals surface area contributed by atoms with E-state index in [9.17, 15) is 0 Å². The van der Waals surface area contributed by atoms with Crippen LogP contribution in [0, 0.1) is 13.8 Å². The van der Waals surface area contributed by atoms with Crippen LogP contribution in [0.2, 0.25) is 0 Å². The van der Waals surface area contributed by atoms with Crippen molar-refractivity contribution in [3.8, 4) is 5.75 Å². The third-order valence-electron chi connectivity index (χ3n) is 6.52. The summed E-state index contributed by atoms with van der Waals surface area (Å²) in [5.41, 5.74) is 6.79. The van der Waals surface area contributed by atoms with Crippen molar-refractivity contribution in [2.45, 2.75) is 39.4 Å². The molecule has 1 fully saturated rings. The van der Waals surface area contributed by atoms with Gasteiger partial charge in [-0.05, 0) is 92.6 Å². The van der Waals surface area contributed by atoms with E-state index in [0.717, 1.165) is 23.7 Å². The fourth-order valence-corrected chi connectivity index (χ4v) is 5.21. The second-order valence-electron chi connectivity index (χ2n) is 8.70. The van der Waals surface area contributed by atoms with Crippen LogP contribution in [-0.4, -0.2) is 26.3 Å². The average Bonchev–Trinajstić information content (AvgIpc) is 3.37. The lowest BCUT2D eigenvalue weighted by molar-refractivity contribution is 0.340. The average molecular weight is 484 g/mol. The Bertz CT molecular complexity index is 1300. The summed E-state index contributed by atoms with van der Waals surface area (Å²) in [5.74, 6) is 0.849. The van der Waals surface area contributed by atoms with Crippen LogP contribution in [0.1, 0.15) is 47.2 Å². The van der Waals surface area contributed by atoms with E-state index in [1.54, 1.807) is 0 Å². The molecule has 4 aromatic rings. The van der Waals surface area contributed by atoms with Gasteiger partial charge in [0.1, 0.15) is 5.75 Å². The number of hydrogen-bond donors (Lipinski definition) is 1. The molecule has 0 radical (unpaired) electrons. The van der Waals surface area contributed by atoms with E-state index in [1.807, 2.05) is 55.8 Å². The van der Waals surface area contributed by atoms with Crippen molar-refractivity contribution >= 4 is 23.0 Å².